The van der Waals surface area contributed by atoms with E-state index >= 15 is 0 Å². The van der Waals surface area contributed by atoms with Crippen molar-refractivity contribution in [3.05, 3.63) is 73.3 Å². The molecule has 0 fully saturated rings. The van der Waals surface area contributed by atoms with Crippen molar-refractivity contribution in [2.75, 3.05) is 6.61 Å². The molecule has 0 bridgehead atoms. The van der Waals surface area contributed by atoms with E-state index in [-0.39, 0.29) is 5.41 Å². The summed E-state index contributed by atoms with van der Waals surface area (Å²) in [5.74, 6) is 0.725. The highest BCUT2D eigenvalue weighted by Crippen LogP contribution is 2.27. The first-order valence-corrected chi connectivity index (χ1v) is 9.25. The summed E-state index contributed by atoms with van der Waals surface area (Å²) < 4.78 is 7.40. The van der Waals surface area contributed by atoms with Crippen LogP contribution in [0, 0.1) is 5.41 Å². The van der Waals surface area contributed by atoms with Gasteiger partial charge in [0.2, 0.25) is 0 Å². The van der Waals surface area contributed by atoms with E-state index in [1.165, 1.54) is 6.21 Å². The predicted molar refractivity (Wildman–Crippen MR) is 111 cm³/mol. The maximum atomic E-state index is 12.5. The molecule has 0 aliphatic heterocycles. The Balaban J connectivity index is 1.89. The number of rotatable bonds is 4. The van der Waals surface area contributed by atoms with Gasteiger partial charge in [0.15, 0.2) is 0 Å². The molecule has 0 saturated heterocycles. The van der Waals surface area contributed by atoms with Crippen LogP contribution in [0.25, 0.3) is 10.9 Å². The van der Waals surface area contributed by atoms with Crippen LogP contribution in [-0.2, 0) is 0 Å². The quantitative estimate of drug-likeness (QED) is 0.641. The molecule has 0 amide bonds. The van der Waals surface area contributed by atoms with Crippen LogP contribution in [0.2, 0.25) is 0 Å². The lowest BCUT2D eigenvalue weighted by atomic mass is 9.99. The Morgan fingerprint density at radius 2 is 1.93 bits per heavy atom. The molecule has 1 heterocycles. The summed E-state index contributed by atoms with van der Waals surface area (Å²) in [6.45, 7) is 6.88. The normalized spacial score (nSPS) is 12.0. The first kappa shape index (κ1) is 19.1. The number of aromatic amines is 1. The van der Waals surface area contributed by atoms with Crippen LogP contribution in [0.1, 0.15) is 26.3 Å². The maximum Gasteiger partial charge on any atom is 0.349 e. The van der Waals surface area contributed by atoms with Gasteiger partial charge in [-0.25, -0.2) is 4.79 Å². The number of nitrogens with zero attached hydrogens (tertiary/aromatic N) is 2. The smallest absolute Gasteiger partial charge is 0.349 e. The van der Waals surface area contributed by atoms with Crippen LogP contribution in [0.15, 0.2) is 61.6 Å². The minimum atomic E-state index is -0.584. The summed E-state index contributed by atoms with van der Waals surface area (Å²) in [4.78, 5) is 27.3. The molecule has 3 aromatic rings. The molecular formula is C20H20BrN3O3. The Kier molecular flexibility index (Phi) is 5.32. The standard InChI is InChI=1S/C20H20BrN3O3/c1-20(2,3)12-27-17-9-8-13(10-15(17)21)11-22-24-18(25)14-6-4-5-7-16(14)23-19(24)26/h4-11H,12H2,1-3H3,(H,23,26). The van der Waals surface area contributed by atoms with Gasteiger partial charge in [-0.2, -0.15) is 5.10 Å². The summed E-state index contributed by atoms with van der Waals surface area (Å²) in [5, 5.41) is 4.46. The Morgan fingerprint density at radius 1 is 1.19 bits per heavy atom. The lowest BCUT2D eigenvalue weighted by Gasteiger charge is -2.19. The molecule has 0 spiro atoms. The summed E-state index contributed by atoms with van der Waals surface area (Å²) >= 11 is 3.48. The van der Waals surface area contributed by atoms with Gasteiger partial charge in [-0.1, -0.05) is 32.9 Å². The minimum Gasteiger partial charge on any atom is -0.492 e. The van der Waals surface area contributed by atoms with Crippen molar-refractivity contribution in [2.45, 2.75) is 20.8 Å². The summed E-state index contributed by atoms with van der Waals surface area (Å²) in [6, 6.07) is 12.3. The molecule has 0 radical (unpaired) electrons. The fourth-order valence-electron chi connectivity index (χ4n) is 2.39. The van der Waals surface area contributed by atoms with Gasteiger partial charge >= 0.3 is 5.69 Å². The summed E-state index contributed by atoms with van der Waals surface area (Å²) in [6.07, 6.45) is 1.46. The molecule has 0 unspecified atom stereocenters. The zero-order chi connectivity index (χ0) is 19.6. The Bertz CT molecular complexity index is 1120. The molecule has 1 N–H and O–H groups in total. The summed E-state index contributed by atoms with van der Waals surface area (Å²) in [7, 11) is 0. The molecule has 1 aromatic heterocycles. The van der Waals surface area contributed by atoms with Gasteiger partial charge in [-0.15, -0.1) is 4.68 Å². The fraction of sp³-hybridized carbons (Fsp3) is 0.250. The number of aromatic nitrogens is 2. The third-order valence-corrected chi connectivity index (χ3v) is 4.34. The second-order valence-electron chi connectivity index (χ2n) is 7.38. The zero-order valence-corrected chi connectivity index (χ0v) is 16.9. The number of benzene rings is 2. The number of fused-ring (bicyclic) bond motifs is 1. The second kappa shape index (κ2) is 7.52. The van der Waals surface area contributed by atoms with E-state index in [1.807, 2.05) is 18.2 Å². The first-order chi connectivity index (χ1) is 12.7. The first-order valence-electron chi connectivity index (χ1n) is 8.45. The van der Waals surface area contributed by atoms with Crippen molar-refractivity contribution >= 4 is 33.0 Å². The van der Waals surface area contributed by atoms with Gasteiger partial charge in [0.05, 0.1) is 28.2 Å². The molecule has 0 saturated carbocycles. The Hall–Kier alpha value is -2.67. The van der Waals surface area contributed by atoms with Crippen molar-refractivity contribution in [3.8, 4) is 5.75 Å². The molecule has 0 aliphatic rings. The van der Waals surface area contributed by atoms with Gasteiger partial charge in [0.1, 0.15) is 5.75 Å². The van der Waals surface area contributed by atoms with Crippen molar-refractivity contribution < 1.29 is 4.74 Å². The van der Waals surface area contributed by atoms with Crippen molar-refractivity contribution in [2.24, 2.45) is 10.5 Å². The van der Waals surface area contributed by atoms with Crippen LogP contribution in [0.3, 0.4) is 0 Å². The van der Waals surface area contributed by atoms with Crippen molar-refractivity contribution in [1.82, 2.24) is 9.66 Å². The van der Waals surface area contributed by atoms with Crippen LogP contribution in [0.4, 0.5) is 0 Å². The van der Waals surface area contributed by atoms with Crippen LogP contribution in [-0.4, -0.2) is 22.5 Å². The highest BCUT2D eigenvalue weighted by molar-refractivity contribution is 9.10. The van der Waals surface area contributed by atoms with Gasteiger partial charge in [-0.3, -0.25) is 4.79 Å². The van der Waals surface area contributed by atoms with Crippen molar-refractivity contribution in [1.29, 1.82) is 0 Å². The van der Waals surface area contributed by atoms with Gasteiger partial charge in [0, 0.05) is 0 Å². The van der Waals surface area contributed by atoms with Crippen molar-refractivity contribution in [3.63, 3.8) is 0 Å². The Morgan fingerprint density at radius 3 is 2.63 bits per heavy atom. The maximum absolute atomic E-state index is 12.5. The highest BCUT2D eigenvalue weighted by Gasteiger charge is 2.12. The molecule has 0 atom stereocenters. The highest BCUT2D eigenvalue weighted by atomic mass is 79.9. The molecular weight excluding hydrogens is 410 g/mol. The molecule has 27 heavy (non-hydrogen) atoms. The number of para-hydroxylation sites is 1. The molecule has 2 aromatic carbocycles. The SMILES string of the molecule is CC(C)(C)COc1ccc(C=Nn2c(=O)[nH]c3ccccc3c2=O)cc1Br. The minimum absolute atomic E-state index is 0.0534. The van der Waals surface area contributed by atoms with E-state index in [4.69, 9.17) is 4.74 Å². The van der Waals surface area contributed by atoms with Crippen LogP contribution < -0.4 is 16.0 Å². The van der Waals surface area contributed by atoms with E-state index in [0.29, 0.717) is 17.5 Å². The average molecular weight is 430 g/mol. The van der Waals surface area contributed by atoms with Gasteiger partial charge < -0.3 is 9.72 Å². The molecule has 140 valence electrons. The molecule has 6 nitrogen and oxygen atoms in total. The van der Waals surface area contributed by atoms with E-state index in [9.17, 15) is 9.59 Å². The predicted octanol–water partition coefficient (Wildman–Crippen LogP) is 3.76. The number of H-pyrrole nitrogens is 1. The average Bonchev–Trinajstić information content (AvgIpc) is 2.60. The Labute approximate surface area is 164 Å². The van der Waals surface area contributed by atoms with E-state index < -0.39 is 11.2 Å². The number of hydrogen-bond acceptors (Lipinski definition) is 4. The lowest BCUT2D eigenvalue weighted by molar-refractivity contribution is 0.197. The second-order valence-corrected chi connectivity index (χ2v) is 8.23. The molecule has 0 aliphatic carbocycles. The third kappa shape index (κ3) is 4.54. The van der Waals surface area contributed by atoms with E-state index in [0.717, 1.165) is 20.5 Å². The summed E-state index contributed by atoms with van der Waals surface area (Å²) in [5.41, 5.74) is 0.220. The topological polar surface area (TPSA) is 76.5 Å². The van der Waals surface area contributed by atoms with E-state index in [1.54, 1.807) is 24.3 Å². The number of nitrogens with one attached hydrogen (secondary N) is 1. The third-order valence-electron chi connectivity index (χ3n) is 3.72. The van der Waals surface area contributed by atoms with E-state index in [2.05, 4.69) is 46.8 Å². The number of halogens is 1. The van der Waals surface area contributed by atoms with Crippen LogP contribution in [0.5, 0.6) is 5.75 Å². The fourth-order valence-corrected chi connectivity index (χ4v) is 2.90. The van der Waals surface area contributed by atoms with Gasteiger partial charge in [-0.05, 0) is 57.2 Å². The number of hydrogen-bond donors (Lipinski definition) is 1. The monoisotopic (exact) mass is 429 g/mol. The number of ether oxygens (including phenoxy) is 1. The largest absolute Gasteiger partial charge is 0.492 e. The lowest BCUT2D eigenvalue weighted by Crippen LogP contribution is -2.32. The van der Waals surface area contributed by atoms with Gasteiger partial charge in [0.25, 0.3) is 5.56 Å². The molecule has 7 heteroatoms. The zero-order valence-electron chi connectivity index (χ0n) is 15.3. The van der Waals surface area contributed by atoms with Crippen LogP contribution >= 0.6 is 15.9 Å². The molecule has 3 rings (SSSR count).